The predicted molar refractivity (Wildman–Crippen MR) is 102 cm³/mol. The molecule has 0 bridgehead atoms. The maximum absolute atomic E-state index is 13.0. The minimum atomic E-state index is -0.203. The van der Waals surface area contributed by atoms with Gasteiger partial charge < -0.3 is 4.90 Å². The van der Waals surface area contributed by atoms with Gasteiger partial charge in [-0.2, -0.15) is 15.3 Å². The van der Waals surface area contributed by atoms with Gasteiger partial charge in [0.1, 0.15) is 11.5 Å². The number of piperidine rings is 1. The molecular formula is C18H24N8O2. The average Bonchev–Trinajstić information content (AvgIpc) is 3.41. The molecule has 3 aromatic rings. The molecule has 1 atom stereocenters. The Hall–Kier alpha value is -3.17. The molecule has 0 aliphatic carbocycles. The minimum Gasteiger partial charge on any atom is -0.337 e. The molecule has 0 saturated carbocycles. The van der Waals surface area contributed by atoms with Crippen molar-refractivity contribution < 1.29 is 4.79 Å². The number of hydrogen-bond acceptors (Lipinski definition) is 5. The number of aromatic nitrogens is 7. The molecule has 28 heavy (non-hydrogen) atoms. The van der Waals surface area contributed by atoms with E-state index in [1.165, 1.54) is 0 Å². The zero-order valence-electron chi connectivity index (χ0n) is 16.3. The molecule has 0 aromatic carbocycles. The van der Waals surface area contributed by atoms with Crippen molar-refractivity contribution in [1.82, 2.24) is 39.6 Å². The third kappa shape index (κ3) is 3.04. The molecule has 2 N–H and O–H groups in total. The summed E-state index contributed by atoms with van der Waals surface area (Å²) in [7, 11) is 1.87. The van der Waals surface area contributed by atoms with Gasteiger partial charge in [0.15, 0.2) is 0 Å². The number of H-pyrrole nitrogens is 2. The van der Waals surface area contributed by atoms with E-state index in [4.69, 9.17) is 0 Å². The van der Waals surface area contributed by atoms with Gasteiger partial charge in [-0.25, -0.2) is 9.89 Å². The third-order valence-electron chi connectivity index (χ3n) is 5.50. The molecule has 4 heterocycles. The van der Waals surface area contributed by atoms with Gasteiger partial charge in [0.05, 0.1) is 11.9 Å². The molecule has 1 amide bonds. The Morgan fingerprint density at radius 3 is 2.86 bits per heavy atom. The summed E-state index contributed by atoms with van der Waals surface area (Å²) >= 11 is 0. The summed E-state index contributed by atoms with van der Waals surface area (Å²) in [4.78, 5) is 26.7. The lowest BCUT2D eigenvalue weighted by Crippen LogP contribution is -2.40. The fraction of sp³-hybridized carbons (Fsp3) is 0.500. The maximum atomic E-state index is 13.0. The van der Waals surface area contributed by atoms with E-state index in [2.05, 4.69) is 25.5 Å². The molecule has 1 aliphatic rings. The van der Waals surface area contributed by atoms with Gasteiger partial charge in [-0.05, 0) is 32.8 Å². The Kier molecular flexibility index (Phi) is 4.62. The summed E-state index contributed by atoms with van der Waals surface area (Å²) in [5.41, 5.74) is 2.84. The highest BCUT2D eigenvalue weighted by atomic mass is 16.2. The number of likely N-dealkylation sites (tertiary alicyclic amines) is 1. The van der Waals surface area contributed by atoms with Crippen molar-refractivity contribution in [2.24, 2.45) is 7.05 Å². The van der Waals surface area contributed by atoms with Crippen LogP contribution in [0, 0.1) is 6.92 Å². The SMILES string of the molecule is CCn1c(C2CCCN(C(=O)c3cc(-c4cnn(C)c4C)n[nH]3)C2)n[nH]c1=O. The first-order chi connectivity index (χ1) is 13.5. The predicted octanol–water partition coefficient (Wildman–Crippen LogP) is 1.04. The van der Waals surface area contributed by atoms with Gasteiger partial charge >= 0.3 is 5.69 Å². The molecule has 148 valence electrons. The summed E-state index contributed by atoms with van der Waals surface area (Å²) < 4.78 is 3.41. The first kappa shape index (κ1) is 18.2. The second kappa shape index (κ2) is 7.10. The zero-order valence-corrected chi connectivity index (χ0v) is 16.3. The molecule has 1 fully saturated rings. The molecule has 1 unspecified atom stereocenters. The van der Waals surface area contributed by atoms with Gasteiger partial charge in [-0.3, -0.25) is 19.1 Å². The number of carbonyl (C=O) groups is 1. The molecule has 3 aromatic heterocycles. The number of nitrogens with zero attached hydrogens (tertiary/aromatic N) is 6. The summed E-state index contributed by atoms with van der Waals surface area (Å²) in [6.07, 6.45) is 3.51. The van der Waals surface area contributed by atoms with E-state index in [0.29, 0.717) is 31.0 Å². The van der Waals surface area contributed by atoms with Crippen LogP contribution in [-0.2, 0) is 13.6 Å². The third-order valence-corrected chi connectivity index (χ3v) is 5.50. The summed E-state index contributed by atoms with van der Waals surface area (Å²) in [5, 5.41) is 18.1. The smallest absolute Gasteiger partial charge is 0.337 e. The lowest BCUT2D eigenvalue weighted by Gasteiger charge is -2.31. The highest BCUT2D eigenvalue weighted by Gasteiger charge is 2.29. The van der Waals surface area contributed by atoms with Crippen molar-refractivity contribution in [2.75, 3.05) is 13.1 Å². The first-order valence-corrected chi connectivity index (χ1v) is 9.48. The molecule has 0 spiro atoms. The van der Waals surface area contributed by atoms with E-state index in [-0.39, 0.29) is 17.5 Å². The molecule has 0 radical (unpaired) electrons. The van der Waals surface area contributed by atoms with Gasteiger partial charge in [0, 0.05) is 43.9 Å². The highest BCUT2D eigenvalue weighted by molar-refractivity contribution is 5.93. The molecule has 10 nitrogen and oxygen atoms in total. The van der Waals surface area contributed by atoms with Crippen LogP contribution in [0.4, 0.5) is 0 Å². The lowest BCUT2D eigenvalue weighted by molar-refractivity contribution is 0.0697. The largest absolute Gasteiger partial charge is 0.343 e. The quantitative estimate of drug-likeness (QED) is 0.697. The van der Waals surface area contributed by atoms with E-state index in [1.807, 2.05) is 20.9 Å². The van der Waals surface area contributed by atoms with E-state index < -0.39 is 0 Å². The van der Waals surface area contributed by atoms with Crippen molar-refractivity contribution in [3.05, 3.63) is 40.0 Å². The van der Waals surface area contributed by atoms with Crippen LogP contribution in [0.5, 0.6) is 0 Å². The van der Waals surface area contributed by atoms with Gasteiger partial charge in [-0.1, -0.05) is 0 Å². The van der Waals surface area contributed by atoms with Crippen molar-refractivity contribution >= 4 is 5.91 Å². The average molecular weight is 384 g/mol. The van der Waals surface area contributed by atoms with Crippen molar-refractivity contribution in [3.63, 3.8) is 0 Å². The van der Waals surface area contributed by atoms with E-state index in [9.17, 15) is 9.59 Å². The maximum Gasteiger partial charge on any atom is 0.343 e. The summed E-state index contributed by atoms with van der Waals surface area (Å²) in [6.45, 7) is 5.65. The second-order valence-corrected chi connectivity index (χ2v) is 7.16. The zero-order chi connectivity index (χ0) is 19.8. The molecule has 1 aliphatic heterocycles. The van der Waals surface area contributed by atoms with Crippen LogP contribution in [0.25, 0.3) is 11.3 Å². The normalized spacial score (nSPS) is 17.2. The molecule has 1 saturated heterocycles. The van der Waals surface area contributed by atoms with Crippen LogP contribution in [-0.4, -0.2) is 58.6 Å². The Balaban J connectivity index is 1.53. The molecule has 10 heteroatoms. The van der Waals surface area contributed by atoms with E-state index in [0.717, 1.165) is 29.9 Å². The van der Waals surface area contributed by atoms with Crippen LogP contribution >= 0.6 is 0 Å². The topological polar surface area (TPSA) is 117 Å². The molecular weight excluding hydrogens is 360 g/mol. The van der Waals surface area contributed by atoms with E-state index >= 15 is 0 Å². The minimum absolute atomic E-state index is 0.0413. The van der Waals surface area contributed by atoms with Crippen LogP contribution in [0.3, 0.4) is 0 Å². The fourth-order valence-corrected chi connectivity index (χ4v) is 3.81. The van der Waals surface area contributed by atoms with Crippen LogP contribution in [0.15, 0.2) is 17.1 Å². The Bertz CT molecular complexity index is 1060. The Labute approximate surface area is 161 Å². The first-order valence-electron chi connectivity index (χ1n) is 9.48. The Morgan fingerprint density at radius 2 is 2.14 bits per heavy atom. The fourth-order valence-electron chi connectivity index (χ4n) is 3.81. The van der Waals surface area contributed by atoms with Crippen molar-refractivity contribution in [1.29, 1.82) is 0 Å². The van der Waals surface area contributed by atoms with Gasteiger partial charge in [0.2, 0.25) is 0 Å². The van der Waals surface area contributed by atoms with Gasteiger partial charge in [-0.15, -0.1) is 0 Å². The number of hydrogen-bond donors (Lipinski definition) is 2. The van der Waals surface area contributed by atoms with E-state index in [1.54, 1.807) is 26.4 Å². The lowest BCUT2D eigenvalue weighted by atomic mass is 9.96. The summed E-state index contributed by atoms with van der Waals surface area (Å²) in [5.74, 6) is 0.673. The molecule has 4 rings (SSSR count). The van der Waals surface area contributed by atoms with Crippen molar-refractivity contribution in [3.8, 4) is 11.3 Å². The summed E-state index contributed by atoms with van der Waals surface area (Å²) in [6, 6.07) is 1.77. The number of nitrogens with one attached hydrogen (secondary N) is 2. The number of rotatable bonds is 4. The van der Waals surface area contributed by atoms with Crippen LogP contribution < -0.4 is 5.69 Å². The van der Waals surface area contributed by atoms with Crippen LogP contribution in [0.1, 0.15) is 47.7 Å². The second-order valence-electron chi connectivity index (χ2n) is 7.16. The monoisotopic (exact) mass is 384 g/mol. The Morgan fingerprint density at radius 1 is 1.32 bits per heavy atom. The van der Waals surface area contributed by atoms with Gasteiger partial charge in [0.25, 0.3) is 5.91 Å². The number of aryl methyl sites for hydroxylation is 1. The number of aromatic amines is 2. The van der Waals surface area contributed by atoms with Crippen LogP contribution in [0.2, 0.25) is 0 Å². The van der Waals surface area contributed by atoms with Crippen molar-refractivity contribution in [2.45, 2.75) is 39.2 Å². The highest BCUT2D eigenvalue weighted by Crippen LogP contribution is 2.27. The number of carbonyl (C=O) groups excluding carboxylic acids is 1. The number of amides is 1. The standard InChI is InChI=1S/C18H24N8O2/c1-4-26-16(22-23-18(26)28)12-6-5-7-25(10-12)17(27)15-8-14(20-21-15)13-9-19-24(3)11(13)2/h8-9,12H,4-7,10H2,1-3H3,(H,20,21)(H,23,28).